The zero-order valence-electron chi connectivity index (χ0n) is 45.1. The normalized spacial score (nSPS) is 16.2. The fourth-order valence-electron chi connectivity index (χ4n) is 10.6. The van der Waals surface area contributed by atoms with E-state index in [0.717, 1.165) is 195 Å². The van der Waals surface area contributed by atoms with Crippen LogP contribution in [0.1, 0.15) is 37.5 Å². The molecule has 0 N–H and O–H groups in total. The van der Waals surface area contributed by atoms with Gasteiger partial charge in [0.25, 0.3) is 0 Å². The third kappa shape index (κ3) is 11.3. The maximum atomic E-state index is 13.2. The van der Waals surface area contributed by atoms with E-state index in [9.17, 15) is 14.4 Å². The Morgan fingerprint density at radius 1 is 0.449 bits per heavy atom. The summed E-state index contributed by atoms with van der Waals surface area (Å²) in [7, 11) is 3.85. The van der Waals surface area contributed by atoms with Crippen molar-refractivity contribution in [2.45, 2.75) is 40.0 Å². The number of fused-ring (bicyclic) bond motifs is 6. The van der Waals surface area contributed by atoms with Crippen molar-refractivity contribution in [3.8, 4) is 31.7 Å². The molecule has 0 aromatic heterocycles. The van der Waals surface area contributed by atoms with Crippen molar-refractivity contribution in [3.63, 3.8) is 0 Å². The maximum absolute atomic E-state index is 13.2. The lowest BCUT2D eigenvalue weighted by Gasteiger charge is -2.30. The zero-order chi connectivity index (χ0) is 53.9. The highest BCUT2D eigenvalue weighted by atomic mass is 32.1. The number of ether oxygens (including phenoxy) is 4. The van der Waals surface area contributed by atoms with Crippen LogP contribution in [0, 0.1) is 0 Å². The van der Waals surface area contributed by atoms with Crippen LogP contribution in [0.5, 0.6) is 0 Å². The van der Waals surface area contributed by atoms with E-state index in [1.54, 1.807) is 40.1 Å². The van der Waals surface area contributed by atoms with E-state index in [0.29, 0.717) is 19.6 Å². The Hall–Kier alpha value is -6.38. The summed E-state index contributed by atoms with van der Waals surface area (Å²) in [6.45, 7) is 18.9. The van der Waals surface area contributed by atoms with Gasteiger partial charge in [-0.1, -0.05) is 20.8 Å². The minimum Gasteiger partial charge on any atom is -0.378 e. The monoisotopic (exact) mass is 1110 g/mol. The van der Waals surface area contributed by atoms with Gasteiger partial charge in [-0.05, 0) is 92.1 Å². The van der Waals surface area contributed by atoms with Gasteiger partial charge in [0, 0.05) is 106 Å². The highest BCUT2D eigenvalue weighted by Gasteiger charge is 2.26. The van der Waals surface area contributed by atoms with E-state index >= 15 is 0 Å². The molecule has 0 unspecified atom stereocenters. The number of anilines is 5. The summed E-state index contributed by atoms with van der Waals surface area (Å²) in [6, 6.07) is 26.8. The first-order chi connectivity index (χ1) is 38.1. The Bertz CT molecular complexity index is 3670. The molecular formula is C60H66N8O7S3. The second kappa shape index (κ2) is 23.9. The lowest BCUT2D eigenvalue weighted by molar-refractivity contribution is 0.122. The van der Waals surface area contributed by atoms with Gasteiger partial charge in [0.2, 0.25) is 10.9 Å². The summed E-state index contributed by atoms with van der Waals surface area (Å²) < 4.78 is 25.2. The molecule has 15 nitrogen and oxygen atoms in total. The first-order valence-corrected chi connectivity index (χ1v) is 29.7. The lowest BCUT2D eigenvalue weighted by atomic mass is 10.1. The van der Waals surface area contributed by atoms with E-state index in [-0.39, 0.29) is 16.3 Å². The number of benzene rings is 6. The highest BCUT2D eigenvalue weighted by molar-refractivity contribution is 7.22. The molecule has 3 aliphatic carbocycles. The molecule has 18 heteroatoms. The van der Waals surface area contributed by atoms with E-state index < -0.39 is 0 Å². The first-order valence-electron chi connectivity index (χ1n) is 27.2. The minimum absolute atomic E-state index is 0.113. The van der Waals surface area contributed by atoms with E-state index in [4.69, 9.17) is 33.9 Å². The quantitative estimate of drug-likeness (QED) is 0.133. The summed E-state index contributed by atoms with van der Waals surface area (Å²) in [5.41, 5.74) is 13.7. The van der Waals surface area contributed by atoms with Crippen molar-refractivity contribution in [2.24, 2.45) is 0 Å². The van der Waals surface area contributed by atoms with Crippen molar-refractivity contribution in [1.82, 2.24) is 15.0 Å². The van der Waals surface area contributed by atoms with Gasteiger partial charge in [-0.2, -0.15) is 0 Å². The van der Waals surface area contributed by atoms with Crippen LogP contribution in [0.4, 0.5) is 28.4 Å². The highest BCUT2D eigenvalue weighted by Crippen LogP contribution is 2.40. The smallest absolute Gasteiger partial charge is 0.206 e. The van der Waals surface area contributed by atoms with E-state index in [1.165, 1.54) is 17.1 Å². The van der Waals surface area contributed by atoms with Crippen LogP contribution in [0.15, 0.2) is 93.2 Å². The van der Waals surface area contributed by atoms with Gasteiger partial charge in [-0.3, -0.25) is 14.4 Å². The topological polar surface area (TPSA) is 143 Å². The van der Waals surface area contributed by atoms with Crippen molar-refractivity contribution < 1.29 is 18.9 Å². The molecule has 3 aromatic rings. The van der Waals surface area contributed by atoms with Crippen LogP contribution in [-0.4, -0.2) is 134 Å². The molecule has 4 saturated heterocycles. The molecule has 0 amide bonds. The number of hydrogen-bond acceptors (Lipinski definition) is 18. The van der Waals surface area contributed by atoms with Crippen LogP contribution in [0.2, 0.25) is 0 Å². The third-order valence-corrected chi connectivity index (χ3v) is 18.3. The second-order valence-electron chi connectivity index (χ2n) is 20.0. The van der Waals surface area contributed by atoms with E-state index in [1.807, 2.05) is 58.0 Å². The molecule has 0 atom stereocenters. The number of aromatic nitrogens is 3. The Kier molecular flexibility index (Phi) is 16.4. The average molecular weight is 1110 g/mol. The first kappa shape index (κ1) is 53.6. The molecule has 406 valence electrons. The zero-order valence-corrected chi connectivity index (χ0v) is 47.6. The van der Waals surface area contributed by atoms with Gasteiger partial charge in [-0.15, -0.1) is 34.0 Å². The summed E-state index contributed by atoms with van der Waals surface area (Å²) >= 11 is 4.98. The van der Waals surface area contributed by atoms with Crippen LogP contribution < -0.4 is 40.8 Å². The average Bonchev–Trinajstić information content (AvgIpc) is 3.51. The SMILES string of the molecule is CCc1cc2nc3ccc(N4CCOCC4)cc3sc-2c(N(C)C)c1=O.CCc1cc2nc3ccc(N4CCOCC4)cc3sc-2c(N2CCOCC2)c1=O.CCc1cc2nc3ccc(N4CCOCC4)cc3sc-2cc1=O. The molecule has 3 aromatic carbocycles. The predicted octanol–water partition coefficient (Wildman–Crippen LogP) is 9.38. The van der Waals surface area contributed by atoms with Gasteiger partial charge >= 0.3 is 0 Å². The molecule has 4 fully saturated rings. The van der Waals surface area contributed by atoms with Crippen molar-refractivity contribution >= 4 is 93.1 Å². The van der Waals surface area contributed by atoms with Crippen LogP contribution in [0.3, 0.4) is 0 Å². The Labute approximate surface area is 466 Å². The summed E-state index contributed by atoms with van der Waals surface area (Å²) in [4.78, 5) is 66.7. The summed E-state index contributed by atoms with van der Waals surface area (Å²) in [5, 5.41) is 0. The molecule has 0 spiro atoms. The fraction of sp³-hybridized carbons (Fsp3) is 0.400. The number of aryl methyl sites for hydroxylation is 3. The second-order valence-corrected chi connectivity index (χ2v) is 23.2. The largest absolute Gasteiger partial charge is 0.378 e. The van der Waals surface area contributed by atoms with Gasteiger partial charge in [0.05, 0.1) is 115 Å². The number of rotatable bonds is 8. The number of nitrogens with zero attached hydrogens (tertiary/aromatic N) is 8. The third-order valence-electron chi connectivity index (χ3n) is 14.9. The van der Waals surface area contributed by atoms with Crippen molar-refractivity contribution in [2.75, 3.05) is 144 Å². The Morgan fingerprint density at radius 3 is 1.28 bits per heavy atom. The Balaban J connectivity index is 0.000000125. The maximum Gasteiger partial charge on any atom is 0.206 e. The summed E-state index contributed by atoms with van der Waals surface area (Å²) in [5.74, 6) is 0. The standard InChI is InChI=1S/C22H25N3O3S.C20H23N3O2S.C18H18N2O2S/c1-2-15-13-18-22(20(21(15)26)25-7-11-28-12-8-25)29-19-14-16(3-4-17(19)23-18)24-5-9-27-10-6-24;1-4-13-11-16-20(18(19(13)24)22(2)3)26-17-12-14(5-6-15(17)21-16)23-7-9-25-10-8-23;1-2-12-9-15-18(11-16(12)21)23-17-10-13(3-4-14(17)19-15)20-5-7-22-8-6-20/h3-4,13-14H,2,5-12H2,1H3;5-6,11-12H,4,7-10H2,1-3H3;3-4,9-11H,2,5-8H2,1H3. The van der Waals surface area contributed by atoms with Crippen LogP contribution >= 0.6 is 34.0 Å². The van der Waals surface area contributed by atoms with Crippen molar-refractivity contribution in [3.05, 3.63) is 126 Å². The molecule has 0 saturated carbocycles. The van der Waals surface area contributed by atoms with Crippen LogP contribution in [0.25, 0.3) is 62.4 Å². The fourth-order valence-corrected chi connectivity index (χ4v) is 13.9. The van der Waals surface area contributed by atoms with Gasteiger partial charge in [0.1, 0.15) is 11.4 Å². The molecular weight excluding hydrogens is 1040 g/mol. The van der Waals surface area contributed by atoms with Gasteiger partial charge in [-0.25, -0.2) is 15.0 Å². The predicted molar refractivity (Wildman–Crippen MR) is 322 cm³/mol. The molecule has 13 rings (SSSR count). The molecule has 0 bridgehead atoms. The minimum atomic E-state index is 0.113. The molecule has 10 aliphatic rings. The lowest BCUT2D eigenvalue weighted by Crippen LogP contribution is -2.39. The van der Waals surface area contributed by atoms with Gasteiger partial charge < -0.3 is 43.4 Å². The number of morpholine rings is 4. The summed E-state index contributed by atoms with van der Waals surface area (Å²) in [6.07, 6.45) is 2.18. The Morgan fingerprint density at radius 2 is 0.833 bits per heavy atom. The number of hydrogen-bond donors (Lipinski definition) is 0. The molecule has 78 heavy (non-hydrogen) atoms. The molecule has 7 aliphatic heterocycles. The van der Waals surface area contributed by atoms with Gasteiger partial charge in [0.15, 0.2) is 5.43 Å². The molecule has 0 radical (unpaired) electrons. The van der Waals surface area contributed by atoms with E-state index in [2.05, 4.69) is 74.2 Å². The van der Waals surface area contributed by atoms with Crippen LogP contribution in [-0.2, 0) is 38.2 Å². The molecule has 7 heterocycles. The van der Waals surface area contributed by atoms with Crippen molar-refractivity contribution in [1.29, 1.82) is 0 Å².